The number of aromatic nitrogens is 2. The third-order valence-corrected chi connectivity index (χ3v) is 1.76. The second kappa shape index (κ2) is 6.02. The molecule has 0 bridgehead atoms. The fourth-order valence-electron chi connectivity index (χ4n) is 0.859. The lowest BCUT2D eigenvalue weighted by Crippen LogP contribution is -2.35. The van der Waals surface area contributed by atoms with Crippen LogP contribution < -0.4 is 16.0 Å². The Morgan fingerprint density at radius 1 is 1.40 bits per heavy atom. The molecule has 6 nitrogen and oxygen atoms in total. The second-order valence-electron chi connectivity index (χ2n) is 2.66. The summed E-state index contributed by atoms with van der Waals surface area (Å²) in [5, 5.41) is 8.40. The van der Waals surface area contributed by atoms with E-state index in [9.17, 15) is 4.79 Å². The molecule has 1 aromatic rings. The number of nitrogens with one attached hydrogen (secondary N) is 3. The number of anilines is 1. The highest BCUT2D eigenvalue weighted by atomic mass is 35.5. The first-order valence-electron chi connectivity index (χ1n) is 4.39. The zero-order valence-electron chi connectivity index (χ0n) is 8.25. The van der Waals surface area contributed by atoms with Gasteiger partial charge in [-0.1, -0.05) is 11.6 Å². The van der Waals surface area contributed by atoms with Crippen molar-refractivity contribution in [3.05, 3.63) is 17.5 Å². The van der Waals surface area contributed by atoms with Gasteiger partial charge in [-0.2, -0.15) is 0 Å². The molecule has 0 aliphatic carbocycles. The Kier molecular flexibility index (Phi) is 4.62. The lowest BCUT2D eigenvalue weighted by atomic mass is 10.5. The maximum atomic E-state index is 10.8. The Morgan fingerprint density at radius 2 is 2.20 bits per heavy atom. The molecule has 82 valence electrons. The molecule has 0 radical (unpaired) electrons. The largest absolute Gasteiger partial charge is 0.367 e. The second-order valence-corrected chi connectivity index (χ2v) is 3.04. The van der Waals surface area contributed by atoms with E-state index < -0.39 is 0 Å². The molecule has 2 amide bonds. The van der Waals surface area contributed by atoms with Gasteiger partial charge in [0.05, 0.1) is 12.4 Å². The fourth-order valence-corrected chi connectivity index (χ4v) is 0.956. The number of hydrogen-bond acceptors (Lipinski definition) is 4. The summed E-state index contributed by atoms with van der Waals surface area (Å²) in [5.74, 6) is 0.623. The fraction of sp³-hybridized carbons (Fsp3) is 0.375. The van der Waals surface area contributed by atoms with E-state index in [-0.39, 0.29) is 6.03 Å². The van der Waals surface area contributed by atoms with E-state index >= 15 is 0 Å². The summed E-state index contributed by atoms with van der Waals surface area (Å²) in [4.78, 5) is 18.6. The van der Waals surface area contributed by atoms with Crippen LogP contribution in [0.2, 0.25) is 5.15 Å². The number of rotatable bonds is 4. The van der Waals surface area contributed by atoms with Crippen LogP contribution in [0.4, 0.5) is 10.6 Å². The van der Waals surface area contributed by atoms with Gasteiger partial charge in [-0.25, -0.2) is 14.8 Å². The van der Waals surface area contributed by atoms with Gasteiger partial charge in [-0.05, 0) is 0 Å². The van der Waals surface area contributed by atoms with Crippen molar-refractivity contribution in [3.8, 4) is 0 Å². The van der Waals surface area contributed by atoms with Crippen molar-refractivity contribution < 1.29 is 4.79 Å². The molecule has 0 saturated carbocycles. The molecule has 1 aromatic heterocycles. The van der Waals surface area contributed by atoms with Crippen molar-refractivity contribution in [3.63, 3.8) is 0 Å². The Balaban J connectivity index is 2.20. The normalized spacial score (nSPS) is 9.47. The quantitative estimate of drug-likeness (QED) is 0.656. The maximum Gasteiger partial charge on any atom is 0.314 e. The molecular formula is C8H12ClN5O. The monoisotopic (exact) mass is 229 g/mol. The molecule has 0 aliphatic heterocycles. The van der Waals surface area contributed by atoms with E-state index in [1.54, 1.807) is 7.05 Å². The van der Waals surface area contributed by atoms with Crippen LogP contribution in [0, 0.1) is 0 Å². The Bertz CT molecular complexity index is 315. The maximum absolute atomic E-state index is 10.8. The molecule has 15 heavy (non-hydrogen) atoms. The summed E-state index contributed by atoms with van der Waals surface area (Å²) >= 11 is 5.57. The third-order valence-electron chi connectivity index (χ3n) is 1.56. The van der Waals surface area contributed by atoms with Crippen molar-refractivity contribution in [1.29, 1.82) is 0 Å². The predicted molar refractivity (Wildman–Crippen MR) is 58.0 cm³/mol. The first-order chi connectivity index (χ1) is 7.22. The van der Waals surface area contributed by atoms with E-state index in [0.29, 0.717) is 24.1 Å². The predicted octanol–water partition coefficient (Wildman–Crippen LogP) is 0.471. The zero-order valence-corrected chi connectivity index (χ0v) is 9.01. The lowest BCUT2D eigenvalue weighted by Gasteiger charge is -2.06. The lowest BCUT2D eigenvalue weighted by molar-refractivity contribution is 0.243. The topological polar surface area (TPSA) is 78.9 Å². The van der Waals surface area contributed by atoms with E-state index in [1.807, 2.05) is 0 Å². The first-order valence-corrected chi connectivity index (χ1v) is 4.77. The average Bonchev–Trinajstić information content (AvgIpc) is 2.26. The first kappa shape index (κ1) is 11.5. The molecule has 0 aliphatic rings. The number of carbonyl (C=O) groups is 1. The molecule has 7 heteroatoms. The van der Waals surface area contributed by atoms with Gasteiger partial charge in [0.1, 0.15) is 11.0 Å². The molecule has 0 spiro atoms. The minimum absolute atomic E-state index is 0.209. The van der Waals surface area contributed by atoms with Crippen molar-refractivity contribution in [2.75, 3.05) is 25.5 Å². The Labute approximate surface area is 92.4 Å². The number of hydrogen-bond donors (Lipinski definition) is 3. The molecule has 1 heterocycles. The van der Waals surface area contributed by atoms with Gasteiger partial charge >= 0.3 is 6.03 Å². The van der Waals surface area contributed by atoms with Crippen LogP contribution >= 0.6 is 11.6 Å². The summed E-state index contributed by atoms with van der Waals surface area (Å²) in [5.41, 5.74) is 0. The number of nitrogens with zero attached hydrogens (tertiary/aromatic N) is 2. The number of carbonyl (C=O) groups excluding carboxylic acids is 1. The van der Waals surface area contributed by atoms with Crippen LogP contribution in [0.1, 0.15) is 0 Å². The average molecular weight is 230 g/mol. The summed E-state index contributed by atoms with van der Waals surface area (Å²) < 4.78 is 0. The van der Waals surface area contributed by atoms with Gasteiger partial charge in [0.15, 0.2) is 0 Å². The molecule has 0 atom stereocenters. The van der Waals surface area contributed by atoms with Gasteiger partial charge in [0.25, 0.3) is 0 Å². The molecule has 0 fully saturated rings. The van der Waals surface area contributed by atoms with E-state index in [4.69, 9.17) is 11.6 Å². The van der Waals surface area contributed by atoms with Crippen LogP contribution in [0.3, 0.4) is 0 Å². The molecule has 3 N–H and O–H groups in total. The molecule has 0 saturated heterocycles. The van der Waals surface area contributed by atoms with Crippen molar-refractivity contribution in [1.82, 2.24) is 20.6 Å². The van der Waals surface area contributed by atoms with Crippen LogP contribution in [-0.4, -0.2) is 36.1 Å². The molecular weight excluding hydrogens is 218 g/mol. The highest BCUT2D eigenvalue weighted by Crippen LogP contribution is 2.04. The minimum Gasteiger partial charge on any atom is -0.367 e. The molecule has 0 aromatic carbocycles. The van der Waals surface area contributed by atoms with E-state index in [1.165, 1.54) is 12.4 Å². The smallest absolute Gasteiger partial charge is 0.314 e. The van der Waals surface area contributed by atoms with E-state index in [2.05, 4.69) is 25.9 Å². The van der Waals surface area contributed by atoms with Crippen molar-refractivity contribution in [2.45, 2.75) is 0 Å². The summed E-state index contributed by atoms with van der Waals surface area (Å²) in [6.07, 6.45) is 2.98. The number of urea groups is 1. The standard InChI is InChI=1S/C8H12ClN5O/c1-10-8(15)12-3-2-11-7-5-13-6(9)4-14-7/h4-5H,2-3H2,1H3,(H,11,14)(H2,10,12,15). The SMILES string of the molecule is CNC(=O)NCCNc1cnc(Cl)cn1. The van der Waals surface area contributed by atoms with E-state index in [0.717, 1.165) is 0 Å². The van der Waals surface area contributed by atoms with Crippen molar-refractivity contribution in [2.24, 2.45) is 0 Å². The van der Waals surface area contributed by atoms with Crippen LogP contribution in [0.5, 0.6) is 0 Å². The summed E-state index contributed by atoms with van der Waals surface area (Å²) in [7, 11) is 1.56. The van der Waals surface area contributed by atoms with Gasteiger partial charge in [0.2, 0.25) is 0 Å². The van der Waals surface area contributed by atoms with Gasteiger partial charge in [-0.3, -0.25) is 0 Å². The van der Waals surface area contributed by atoms with Crippen molar-refractivity contribution >= 4 is 23.4 Å². The van der Waals surface area contributed by atoms with Gasteiger partial charge in [-0.15, -0.1) is 0 Å². The molecule has 1 rings (SSSR count). The van der Waals surface area contributed by atoms with Crippen LogP contribution in [0.15, 0.2) is 12.4 Å². The summed E-state index contributed by atoms with van der Waals surface area (Å²) in [6, 6.07) is -0.209. The number of halogens is 1. The zero-order chi connectivity index (χ0) is 11.1. The third kappa shape index (κ3) is 4.46. The van der Waals surface area contributed by atoms with Crippen LogP contribution in [0.25, 0.3) is 0 Å². The number of amides is 2. The van der Waals surface area contributed by atoms with Crippen LogP contribution in [-0.2, 0) is 0 Å². The van der Waals surface area contributed by atoms with Gasteiger partial charge < -0.3 is 16.0 Å². The highest BCUT2D eigenvalue weighted by Gasteiger charge is 1.96. The minimum atomic E-state index is -0.209. The van der Waals surface area contributed by atoms with Gasteiger partial charge in [0, 0.05) is 20.1 Å². The molecule has 0 unspecified atom stereocenters. The Morgan fingerprint density at radius 3 is 2.80 bits per heavy atom. The summed E-state index contributed by atoms with van der Waals surface area (Å²) in [6.45, 7) is 1.08. The Hall–Kier alpha value is -1.56. The highest BCUT2D eigenvalue weighted by molar-refractivity contribution is 6.29.